The molecule has 7 nitrogen and oxygen atoms in total. The van der Waals surface area contributed by atoms with Gasteiger partial charge in [0.05, 0.1) is 6.04 Å². The molecule has 164 valence electrons. The maximum absolute atomic E-state index is 6.56. The lowest BCUT2D eigenvalue weighted by Crippen LogP contribution is -2.54. The Labute approximate surface area is 186 Å². The van der Waals surface area contributed by atoms with Gasteiger partial charge in [0.1, 0.15) is 0 Å². The van der Waals surface area contributed by atoms with Gasteiger partial charge in [0.15, 0.2) is 34.5 Å². The van der Waals surface area contributed by atoms with Gasteiger partial charge < -0.3 is 32.2 Å². The smallest absolute Gasteiger partial charge is 0.479 e. The van der Waals surface area contributed by atoms with Crippen molar-refractivity contribution >= 4 is 8.80 Å². The fraction of sp³-hybridized carbons (Fsp3) is 0.250. The first-order chi connectivity index (χ1) is 15.7. The van der Waals surface area contributed by atoms with E-state index in [0.717, 1.165) is 47.5 Å². The van der Waals surface area contributed by atoms with Crippen LogP contribution in [0.2, 0.25) is 6.04 Å². The van der Waals surface area contributed by atoms with Crippen LogP contribution in [-0.2, 0) is 4.74 Å². The predicted octanol–water partition coefficient (Wildman–Crippen LogP) is 6.30. The third-order valence-corrected chi connectivity index (χ3v) is 7.81. The van der Waals surface area contributed by atoms with Crippen LogP contribution in [0.15, 0.2) is 54.6 Å². The second kappa shape index (κ2) is 7.65. The van der Waals surface area contributed by atoms with Crippen LogP contribution in [0.5, 0.6) is 51.7 Å². The Kier molecular flexibility index (Phi) is 4.62. The van der Waals surface area contributed by atoms with Gasteiger partial charge in [-0.15, -0.1) is 0 Å². The van der Waals surface area contributed by atoms with Crippen molar-refractivity contribution in [2.75, 3.05) is 13.2 Å². The van der Waals surface area contributed by atoms with Gasteiger partial charge in [-0.2, -0.15) is 0 Å². The average molecular weight is 451 g/mol. The van der Waals surface area contributed by atoms with Crippen molar-refractivity contribution in [3.05, 3.63) is 54.6 Å². The third-order valence-electron chi connectivity index (χ3n) is 5.26. The average Bonchev–Trinajstić information content (AvgIpc) is 3.66. The summed E-state index contributed by atoms with van der Waals surface area (Å²) in [6.07, 6.45) is 1.69. The maximum atomic E-state index is 6.56. The minimum atomic E-state index is -3.39. The molecule has 8 heteroatoms. The molecule has 0 N–H and O–H groups in total. The molecule has 3 heterocycles. The van der Waals surface area contributed by atoms with E-state index < -0.39 is 8.80 Å². The van der Waals surface area contributed by atoms with Crippen molar-refractivity contribution in [3.8, 4) is 51.7 Å². The lowest BCUT2D eigenvalue weighted by atomic mass is 10.3. The van der Waals surface area contributed by atoms with Crippen LogP contribution in [0.3, 0.4) is 0 Å². The highest BCUT2D eigenvalue weighted by Gasteiger charge is 2.52. The summed E-state index contributed by atoms with van der Waals surface area (Å²) in [7, 11) is -3.39. The molecule has 32 heavy (non-hydrogen) atoms. The summed E-state index contributed by atoms with van der Waals surface area (Å²) in [6.45, 7) is 3.40. The Morgan fingerprint density at radius 2 is 1.12 bits per heavy atom. The van der Waals surface area contributed by atoms with Gasteiger partial charge in [0, 0.05) is 13.2 Å². The molecule has 0 saturated heterocycles. The first kappa shape index (κ1) is 19.3. The molecule has 3 aromatic carbocycles. The molecule has 0 saturated carbocycles. The molecule has 6 rings (SSSR count). The van der Waals surface area contributed by atoms with Crippen LogP contribution < -0.4 is 27.5 Å². The zero-order chi connectivity index (χ0) is 21.5. The lowest BCUT2D eigenvalue weighted by Gasteiger charge is -2.29. The van der Waals surface area contributed by atoms with E-state index in [9.17, 15) is 0 Å². The van der Waals surface area contributed by atoms with Gasteiger partial charge in [0.2, 0.25) is 17.2 Å². The van der Waals surface area contributed by atoms with Gasteiger partial charge in [-0.3, -0.25) is 0 Å². The monoisotopic (exact) mass is 450 g/mol. The number of benzene rings is 3. The maximum Gasteiger partial charge on any atom is 0.699 e. The number of para-hydroxylation sites is 3. The molecule has 3 aliphatic rings. The molecule has 0 unspecified atom stereocenters. The van der Waals surface area contributed by atoms with E-state index in [2.05, 4.69) is 6.92 Å². The van der Waals surface area contributed by atoms with E-state index in [1.807, 2.05) is 54.6 Å². The van der Waals surface area contributed by atoms with E-state index in [4.69, 9.17) is 32.2 Å². The first-order valence-corrected chi connectivity index (χ1v) is 12.8. The Morgan fingerprint density at radius 3 is 1.56 bits per heavy atom. The van der Waals surface area contributed by atoms with E-state index in [1.165, 1.54) is 0 Å². The van der Waals surface area contributed by atoms with E-state index in [0.29, 0.717) is 36.3 Å². The Bertz CT molecular complexity index is 1040. The van der Waals surface area contributed by atoms with Crippen molar-refractivity contribution < 1.29 is 32.2 Å². The molecular formula is C24H22O7Si. The second-order valence-electron chi connectivity index (χ2n) is 7.76. The lowest BCUT2D eigenvalue weighted by molar-refractivity contribution is 0.131. The summed E-state index contributed by atoms with van der Waals surface area (Å²) in [5.41, 5.74) is 0. The number of fused-ring (bicyclic) bond motifs is 3. The summed E-state index contributed by atoms with van der Waals surface area (Å²) >= 11 is 0. The third kappa shape index (κ3) is 3.83. The normalized spacial score (nSPS) is 13.4. The topological polar surface area (TPSA) is 74.5 Å². The Morgan fingerprint density at radius 1 is 0.656 bits per heavy atom. The minimum Gasteiger partial charge on any atom is -0.479 e. The van der Waals surface area contributed by atoms with Crippen molar-refractivity contribution in [2.24, 2.45) is 0 Å². The van der Waals surface area contributed by atoms with Crippen LogP contribution in [0.1, 0.15) is 19.8 Å². The summed E-state index contributed by atoms with van der Waals surface area (Å²) in [6, 6.07) is 17.5. The molecule has 0 fully saturated rings. The zero-order valence-corrected chi connectivity index (χ0v) is 18.6. The van der Waals surface area contributed by atoms with E-state index in [-0.39, 0.29) is 0 Å². The van der Waals surface area contributed by atoms with Crippen LogP contribution >= 0.6 is 0 Å². The molecule has 0 spiro atoms. The van der Waals surface area contributed by atoms with Crippen LogP contribution in [0.25, 0.3) is 0 Å². The van der Waals surface area contributed by atoms with E-state index >= 15 is 0 Å². The van der Waals surface area contributed by atoms with Crippen LogP contribution in [0.4, 0.5) is 0 Å². The fourth-order valence-electron chi connectivity index (χ4n) is 3.59. The molecule has 0 radical (unpaired) electrons. The Hall–Kier alpha value is -3.36. The Balaban J connectivity index is 1.33. The number of ether oxygens (including phenoxy) is 4. The molecule has 0 bridgehead atoms. The van der Waals surface area contributed by atoms with Gasteiger partial charge in [0.25, 0.3) is 0 Å². The molecule has 3 aromatic rings. The molecule has 0 amide bonds. The summed E-state index contributed by atoms with van der Waals surface area (Å²) in [5.74, 6) is 6.42. The van der Waals surface area contributed by atoms with Crippen LogP contribution in [-0.4, -0.2) is 22.0 Å². The van der Waals surface area contributed by atoms with Crippen LogP contribution in [0, 0.1) is 0 Å². The highest BCUT2D eigenvalue weighted by atomic mass is 28.4. The van der Waals surface area contributed by atoms with E-state index in [1.54, 1.807) is 0 Å². The second-order valence-corrected chi connectivity index (χ2v) is 10.2. The highest BCUT2D eigenvalue weighted by Crippen LogP contribution is 2.56. The molecular weight excluding hydrogens is 428 g/mol. The molecule has 0 aromatic heterocycles. The van der Waals surface area contributed by atoms with Gasteiger partial charge in [-0.1, -0.05) is 25.1 Å². The molecule has 0 atom stereocenters. The highest BCUT2D eigenvalue weighted by molar-refractivity contribution is 6.63. The SMILES string of the molecule is CCCOCCC[Si](Oc1cccc2c1O2)(Oc1cccc2c1O2)Oc1cccc2c1O2. The predicted molar refractivity (Wildman–Crippen MR) is 118 cm³/mol. The first-order valence-electron chi connectivity index (χ1n) is 10.8. The van der Waals surface area contributed by atoms with Crippen molar-refractivity contribution in [1.29, 1.82) is 0 Å². The summed E-state index contributed by atoms with van der Waals surface area (Å²) in [5, 5.41) is 0. The summed E-state index contributed by atoms with van der Waals surface area (Å²) < 4.78 is 42.0. The molecule has 0 aliphatic carbocycles. The van der Waals surface area contributed by atoms with Crippen molar-refractivity contribution in [2.45, 2.75) is 25.8 Å². The fourth-order valence-corrected chi connectivity index (χ4v) is 6.09. The quantitative estimate of drug-likeness (QED) is 0.123. The van der Waals surface area contributed by atoms with Crippen molar-refractivity contribution in [3.63, 3.8) is 0 Å². The molecule has 3 aliphatic heterocycles. The standard InChI is InChI=1S/C24H22O7Si/c1-2-13-25-14-6-15-32(29-19-10-3-7-16-22(19)26-16,30-20-11-4-8-17-23(20)27-17)31-21-12-5-9-18-24(21)28-18/h3-5,7-12H,2,6,13-15H2,1H3. The largest absolute Gasteiger partial charge is 0.699 e. The number of hydrogen-bond donors (Lipinski definition) is 0. The van der Waals surface area contributed by atoms with Gasteiger partial charge in [-0.05, 0) is 49.2 Å². The van der Waals surface area contributed by atoms with Gasteiger partial charge >= 0.3 is 8.80 Å². The number of rotatable bonds is 12. The van der Waals surface area contributed by atoms with Gasteiger partial charge in [-0.25, -0.2) is 0 Å². The van der Waals surface area contributed by atoms with Crippen molar-refractivity contribution in [1.82, 2.24) is 0 Å². The minimum absolute atomic E-state index is 0.535. The number of hydrogen-bond acceptors (Lipinski definition) is 7. The summed E-state index contributed by atoms with van der Waals surface area (Å²) in [4.78, 5) is 0. The zero-order valence-electron chi connectivity index (χ0n) is 17.6.